The zero-order valence-electron chi connectivity index (χ0n) is 20.1. The number of ether oxygens (including phenoxy) is 1. The summed E-state index contributed by atoms with van der Waals surface area (Å²) in [6.45, 7) is 7.15. The second-order valence-corrected chi connectivity index (χ2v) is 9.96. The lowest BCUT2D eigenvalue weighted by Crippen LogP contribution is -2.39. The number of nitrogens with one attached hydrogen (secondary N) is 1. The van der Waals surface area contributed by atoms with E-state index in [-0.39, 0.29) is 11.8 Å². The lowest BCUT2D eigenvalue weighted by molar-refractivity contribution is -0.117. The fourth-order valence-electron chi connectivity index (χ4n) is 5.13. The molecule has 0 atom stereocenters. The first kappa shape index (κ1) is 22.4. The van der Waals surface area contributed by atoms with Crippen LogP contribution in [0.2, 0.25) is 0 Å². The van der Waals surface area contributed by atoms with Crippen LogP contribution in [-0.4, -0.2) is 76.3 Å². The number of fused-ring (bicyclic) bond motifs is 1. The standard InChI is InChI=1S/C26H33N7O2/c34-25(20-4-5-20)29-26-28-23-3-1-2-22(33(23)30-26)21-6-10-27-24(18-21)32-12-8-19(9-13-32)7-11-31-14-16-35-17-15-31/h1-3,6,10,18-20H,4-5,7-9,11-17H2,(H,29,30,34). The molecule has 3 fully saturated rings. The molecule has 0 spiro atoms. The number of carbonyl (C=O) groups excluding carboxylic acids is 1. The molecule has 6 rings (SSSR count). The summed E-state index contributed by atoms with van der Waals surface area (Å²) in [4.78, 5) is 26.3. The maximum atomic E-state index is 12.1. The number of carbonyl (C=O) groups is 1. The molecule has 9 nitrogen and oxygen atoms in total. The van der Waals surface area contributed by atoms with Gasteiger partial charge in [-0.3, -0.25) is 15.0 Å². The highest BCUT2D eigenvalue weighted by atomic mass is 16.5. The van der Waals surface area contributed by atoms with E-state index in [0.29, 0.717) is 11.6 Å². The van der Waals surface area contributed by atoms with Crippen LogP contribution in [0.4, 0.5) is 11.8 Å². The quantitative estimate of drug-likeness (QED) is 0.562. The minimum Gasteiger partial charge on any atom is -0.379 e. The Morgan fingerprint density at radius 2 is 1.89 bits per heavy atom. The molecule has 1 aliphatic carbocycles. The van der Waals surface area contributed by atoms with Crippen molar-refractivity contribution in [3.05, 3.63) is 36.5 Å². The van der Waals surface area contributed by atoms with Crippen molar-refractivity contribution in [2.45, 2.75) is 32.1 Å². The Morgan fingerprint density at radius 1 is 1.06 bits per heavy atom. The minimum absolute atomic E-state index is 0.0157. The van der Waals surface area contributed by atoms with Gasteiger partial charge in [0.15, 0.2) is 5.65 Å². The molecule has 9 heteroatoms. The Hall–Kier alpha value is -3.04. The normalized spacial score (nSPS) is 19.8. The number of amides is 1. The maximum Gasteiger partial charge on any atom is 0.249 e. The van der Waals surface area contributed by atoms with Crippen LogP contribution >= 0.6 is 0 Å². The van der Waals surface area contributed by atoms with Crippen LogP contribution in [0.5, 0.6) is 0 Å². The van der Waals surface area contributed by atoms with Crippen molar-refractivity contribution in [1.82, 2.24) is 24.5 Å². The van der Waals surface area contributed by atoms with E-state index < -0.39 is 0 Å². The number of rotatable bonds is 7. The van der Waals surface area contributed by atoms with Gasteiger partial charge in [0.2, 0.25) is 11.9 Å². The lowest BCUT2D eigenvalue weighted by Gasteiger charge is -2.34. The van der Waals surface area contributed by atoms with Gasteiger partial charge in [-0.15, -0.1) is 5.10 Å². The molecule has 0 bridgehead atoms. The van der Waals surface area contributed by atoms with E-state index in [9.17, 15) is 4.79 Å². The molecule has 184 valence electrons. The summed E-state index contributed by atoms with van der Waals surface area (Å²) >= 11 is 0. The Morgan fingerprint density at radius 3 is 2.69 bits per heavy atom. The molecular formula is C26H33N7O2. The molecule has 0 unspecified atom stereocenters. The smallest absolute Gasteiger partial charge is 0.249 e. The van der Waals surface area contributed by atoms with Gasteiger partial charge in [-0.05, 0) is 68.8 Å². The SMILES string of the molecule is O=C(Nc1nc2cccc(-c3ccnc(N4CCC(CCN5CCOCC5)CC4)c3)n2n1)C1CC1. The Kier molecular flexibility index (Phi) is 6.35. The number of aromatic nitrogens is 4. The molecule has 3 aromatic rings. The number of pyridine rings is 2. The molecule has 0 aromatic carbocycles. The van der Waals surface area contributed by atoms with Gasteiger partial charge in [-0.1, -0.05) is 6.07 Å². The molecule has 1 amide bonds. The van der Waals surface area contributed by atoms with Gasteiger partial charge in [0.25, 0.3) is 0 Å². The number of hydrogen-bond donors (Lipinski definition) is 1. The number of anilines is 2. The van der Waals surface area contributed by atoms with Crippen LogP contribution in [-0.2, 0) is 9.53 Å². The van der Waals surface area contributed by atoms with Crippen molar-refractivity contribution in [1.29, 1.82) is 0 Å². The fourth-order valence-corrected chi connectivity index (χ4v) is 5.13. The van der Waals surface area contributed by atoms with Gasteiger partial charge < -0.3 is 9.64 Å². The Labute approximate surface area is 205 Å². The van der Waals surface area contributed by atoms with Crippen LogP contribution in [0.15, 0.2) is 36.5 Å². The van der Waals surface area contributed by atoms with E-state index >= 15 is 0 Å². The predicted octanol–water partition coefficient (Wildman–Crippen LogP) is 3.08. The lowest BCUT2D eigenvalue weighted by atomic mass is 9.93. The van der Waals surface area contributed by atoms with E-state index in [1.54, 1.807) is 4.52 Å². The molecule has 35 heavy (non-hydrogen) atoms. The number of nitrogens with zero attached hydrogens (tertiary/aromatic N) is 6. The average molecular weight is 476 g/mol. The molecular weight excluding hydrogens is 442 g/mol. The highest BCUT2D eigenvalue weighted by Crippen LogP contribution is 2.30. The van der Waals surface area contributed by atoms with E-state index in [0.717, 1.165) is 75.2 Å². The summed E-state index contributed by atoms with van der Waals surface area (Å²) in [7, 11) is 0. The summed E-state index contributed by atoms with van der Waals surface area (Å²) in [5.41, 5.74) is 2.69. The van der Waals surface area contributed by atoms with Crippen LogP contribution in [0.25, 0.3) is 16.9 Å². The summed E-state index contributed by atoms with van der Waals surface area (Å²) in [5, 5.41) is 7.44. The maximum absolute atomic E-state index is 12.1. The molecule has 2 aliphatic heterocycles. The van der Waals surface area contributed by atoms with E-state index in [4.69, 9.17) is 4.74 Å². The Bertz CT molecular complexity index is 1180. The third-order valence-electron chi connectivity index (χ3n) is 7.48. The molecule has 3 aromatic heterocycles. The first-order chi connectivity index (χ1) is 17.2. The van der Waals surface area contributed by atoms with Gasteiger partial charge in [-0.25, -0.2) is 9.50 Å². The first-order valence-corrected chi connectivity index (χ1v) is 12.9. The molecule has 2 saturated heterocycles. The number of morpholine rings is 1. The summed E-state index contributed by atoms with van der Waals surface area (Å²) in [5.74, 6) is 2.29. The van der Waals surface area contributed by atoms with Crippen molar-refractivity contribution < 1.29 is 9.53 Å². The summed E-state index contributed by atoms with van der Waals surface area (Å²) in [6, 6.07) is 10.1. The van der Waals surface area contributed by atoms with Crippen molar-refractivity contribution in [3.8, 4) is 11.3 Å². The zero-order chi connectivity index (χ0) is 23.6. The molecule has 5 heterocycles. The second kappa shape index (κ2) is 9.91. The molecule has 3 aliphatic rings. The molecule has 1 saturated carbocycles. The topological polar surface area (TPSA) is 87.9 Å². The Balaban J connectivity index is 1.12. The third kappa shape index (κ3) is 5.16. The van der Waals surface area contributed by atoms with E-state index in [1.165, 1.54) is 25.8 Å². The van der Waals surface area contributed by atoms with Crippen molar-refractivity contribution in [2.24, 2.45) is 11.8 Å². The van der Waals surface area contributed by atoms with Crippen LogP contribution in [0, 0.1) is 11.8 Å². The fraction of sp³-hybridized carbons (Fsp3) is 0.538. The van der Waals surface area contributed by atoms with E-state index in [2.05, 4.69) is 36.2 Å². The van der Waals surface area contributed by atoms with Gasteiger partial charge in [-0.2, -0.15) is 4.98 Å². The van der Waals surface area contributed by atoms with Gasteiger partial charge in [0, 0.05) is 43.9 Å². The minimum atomic E-state index is 0.0157. The summed E-state index contributed by atoms with van der Waals surface area (Å²) < 4.78 is 7.27. The molecule has 0 radical (unpaired) electrons. The zero-order valence-corrected chi connectivity index (χ0v) is 20.1. The second-order valence-electron chi connectivity index (χ2n) is 9.96. The van der Waals surface area contributed by atoms with Gasteiger partial charge in [0.1, 0.15) is 5.82 Å². The van der Waals surface area contributed by atoms with E-state index in [1.807, 2.05) is 30.5 Å². The van der Waals surface area contributed by atoms with Gasteiger partial charge >= 0.3 is 0 Å². The van der Waals surface area contributed by atoms with Gasteiger partial charge in [0.05, 0.1) is 18.9 Å². The molecule has 1 N–H and O–H groups in total. The number of piperidine rings is 1. The monoisotopic (exact) mass is 475 g/mol. The van der Waals surface area contributed by atoms with Crippen molar-refractivity contribution in [3.63, 3.8) is 0 Å². The van der Waals surface area contributed by atoms with Crippen LogP contribution < -0.4 is 10.2 Å². The van der Waals surface area contributed by atoms with Crippen molar-refractivity contribution in [2.75, 3.05) is 56.2 Å². The van der Waals surface area contributed by atoms with Crippen molar-refractivity contribution >= 4 is 23.3 Å². The highest BCUT2D eigenvalue weighted by Gasteiger charge is 2.30. The summed E-state index contributed by atoms with van der Waals surface area (Å²) in [6.07, 6.45) is 7.47. The average Bonchev–Trinajstić information content (AvgIpc) is 3.68. The van der Waals surface area contributed by atoms with Crippen LogP contribution in [0.3, 0.4) is 0 Å². The highest BCUT2D eigenvalue weighted by molar-refractivity contribution is 5.92. The predicted molar refractivity (Wildman–Crippen MR) is 134 cm³/mol. The third-order valence-corrected chi connectivity index (χ3v) is 7.48. The van der Waals surface area contributed by atoms with Crippen LogP contribution in [0.1, 0.15) is 32.1 Å². The first-order valence-electron chi connectivity index (χ1n) is 12.9. The number of hydrogen-bond acceptors (Lipinski definition) is 7. The largest absolute Gasteiger partial charge is 0.379 e.